The Hall–Kier alpha value is -1.55. The predicted molar refractivity (Wildman–Crippen MR) is 57.5 cm³/mol. The van der Waals surface area contributed by atoms with Crippen LogP contribution in [0.2, 0.25) is 0 Å². The van der Waals surface area contributed by atoms with Crippen molar-refractivity contribution in [1.82, 2.24) is 0 Å². The highest BCUT2D eigenvalue weighted by atomic mass is 16.5. The van der Waals surface area contributed by atoms with Crippen molar-refractivity contribution in [1.29, 1.82) is 0 Å². The van der Waals surface area contributed by atoms with E-state index in [0.29, 0.717) is 11.3 Å². The van der Waals surface area contributed by atoms with E-state index in [1.165, 1.54) is 6.92 Å². The Labute approximate surface area is 95.0 Å². The highest BCUT2D eigenvalue weighted by molar-refractivity contribution is 5.76. The van der Waals surface area contributed by atoms with Crippen LogP contribution in [0, 0.1) is 0 Å². The standard InChI is InChI=1S/C12H17NO3/c1-8(2)16-10-6-4-9(5-7-10)12(3,13)11(14)15/h4-8H,13H2,1-3H3,(H,14,15)/t12-/m1/s1. The number of carboxylic acid groups (broad SMARTS) is 1. The van der Waals surface area contributed by atoms with E-state index < -0.39 is 11.5 Å². The Morgan fingerprint density at radius 1 is 1.38 bits per heavy atom. The zero-order chi connectivity index (χ0) is 12.3. The Morgan fingerprint density at radius 3 is 2.25 bits per heavy atom. The Balaban J connectivity index is 2.91. The fourth-order valence-electron chi connectivity index (χ4n) is 1.29. The number of hydrogen-bond acceptors (Lipinski definition) is 3. The lowest BCUT2D eigenvalue weighted by atomic mass is 9.93. The molecule has 0 aromatic heterocycles. The van der Waals surface area contributed by atoms with Gasteiger partial charge in [-0.05, 0) is 38.1 Å². The van der Waals surface area contributed by atoms with Gasteiger partial charge in [-0.3, -0.25) is 0 Å². The van der Waals surface area contributed by atoms with Gasteiger partial charge in [-0.25, -0.2) is 0 Å². The Bertz CT molecular complexity index is 368. The normalized spacial score (nSPS) is 14.6. The highest BCUT2D eigenvalue weighted by Gasteiger charge is 2.27. The third-order valence-electron chi connectivity index (χ3n) is 2.31. The summed E-state index contributed by atoms with van der Waals surface area (Å²) in [6.45, 7) is 5.38. The second-order valence-electron chi connectivity index (χ2n) is 4.31. The van der Waals surface area contributed by atoms with Gasteiger partial charge in [0, 0.05) is 12.5 Å². The molecule has 4 nitrogen and oxygen atoms in total. The summed E-state index contributed by atoms with van der Waals surface area (Å²) in [7, 11) is 0. The summed E-state index contributed by atoms with van der Waals surface area (Å²) in [5.74, 6) is -0.474. The lowest BCUT2D eigenvalue weighted by Gasteiger charge is -2.22. The number of quaternary nitrogens is 1. The number of ether oxygens (including phenoxy) is 1. The van der Waals surface area contributed by atoms with Crippen molar-refractivity contribution in [2.45, 2.75) is 32.4 Å². The third-order valence-corrected chi connectivity index (χ3v) is 2.31. The zero-order valence-corrected chi connectivity index (χ0v) is 9.82. The van der Waals surface area contributed by atoms with E-state index in [-0.39, 0.29) is 6.10 Å². The van der Waals surface area contributed by atoms with Crippen LogP contribution in [0.3, 0.4) is 0 Å². The predicted octanol–water partition coefficient (Wildman–Crippen LogP) is -0.319. The number of aliphatic carboxylic acids is 1. The monoisotopic (exact) mass is 223 g/mol. The van der Waals surface area contributed by atoms with E-state index >= 15 is 0 Å². The van der Waals surface area contributed by atoms with Gasteiger partial charge in [0.05, 0.1) is 6.10 Å². The summed E-state index contributed by atoms with van der Waals surface area (Å²) in [5.41, 5.74) is 3.00. The van der Waals surface area contributed by atoms with E-state index in [9.17, 15) is 9.90 Å². The van der Waals surface area contributed by atoms with Crippen molar-refractivity contribution in [2.24, 2.45) is 0 Å². The first-order valence-electron chi connectivity index (χ1n) is 5.18. The topological polar surface area (TPSA) is 77.0 Å². The summed E-state index contributed by atoms with van der Waals surface area (Å²) in [4.78, 5) is 10.9. The maximum Gasteiger partial charge on any atom is 0.157 e. The van der Waals surface area contributed by atoms with Crippen LogP contribution in [0.4, 0.5) is 0 Å². The first-order valence-corrected chi connectivity index (χ1v) is 5.18. The van der Waals surface area contributed by atoms with Crippen molar-refractivity contribution in [3.8, 4) is 5.75 Å². The van der Waals surface area contributed by atoms with Crippen molar-refractivity contribution in [2.75, 3.05) is 0 Å². The molecule has 1 aromatic rings. The molecule has 0 spiro atoms. The van der Waals surface area contributed by atoms with E-state index in [1.807, 2.05) is 13.8 Å². The van der Waals surface area contributed by atoms with E-state index in [4.69, 9.17) is 4.74 Å². The molecule has 0 fully saturated rings. The summed E-state index contributed by atoms with van der Waals surface area (Å²) in [5, 5.41) is 10.9. The molecule has 88 valence electrons. The first-order chi connectivity index (χ1) is 7.34. The van der Waals surface area contributed by atoms with E-state index in [0.717, 1.165) is 0 Å². The molecule has 0 bridgehead atoms. The number of carbonyl (C=O) groups excluding carboxylic acids is 1. The van der Waals surface area contributed by atoms with Crippen LogP contribution in [0.25, 0.3) is 0 Å². The molecule has 1 aromatic carbocycles. The van der Waals surface area contributed by atoms with Gasteiger partial charge in [-0.15, -0.1) is 0 Å². The fraction of sp³-hybridized carbons (Fsp3) is 0.417. The molecule has 0 aliphatic heterocycles. The van der Waals surface area contributed by atoms with Crippen LogP contribution in [0.1, 0.15) is 26.3 Å². The molecular weight excluding hydrogens is 206 g/mol. The molecule has 1 atom stereocenters. The van der Waals surface area contributed by atoms with Gasteiger partial charge in [-0.2, -0.15) is 0 Å². The minimum Gasteiger partial charge on any atom is -0.543 e. The number of carboxylic acids is 1. The van der Waals surface area contributed by atoms with E-state index in [1.54, 1.807) is 24.3 Å². The molecule has 0 aliphatic rings. The molecule has 0 amide bonds. The third kappa shape index (κ3) is 2.73. The average molecular weight is 223 g/mol. The van der Waals surface area contributed by atoms with Gasteiger partial charge in [0.2, 0.25) is 0 Å². The number of rotatable bonds is 4. The number of benzene rings is 1. The van der Waals surface area contributed by atoms with Gasteiger partial charge in [0.1, 0.15) is 11.7 Å². The molecule has 4 heteroatoms. The molecule has 16 heavy (non-hydrogen) atoms. The quantitative estimate of drug-likeness (QED) is 0.760. The number of hydrogen-bond donors (Lipinski definition) is 1. The van der Waals surface area contributed by atoms with Crippen LogP contribution in [-0.2, 0) is 10.3 Å². The van der Waals surface area contributed by atoms with Gasteiger partial charge in [-0.1, -0.05) is 0 Å². The first kappa shape index (κ1) is 12.5. The molecule has 0 unspecified atom stereocenters. The Kier molecular flexibility index (Phi) is 3.55. The van der Waals surface area contributed by atoms with Gasteiger partial charge < -0.3 is 20.4 Å². The molecule has 3 N–H and O–H groups in total. The summed E-state index contributed by atoms with van der Waals surface area (Å²) >= 11 is 0. The van der Waals surface area contributed by atoms with Crippen molar-refractivity contribution < 1.29 is 20.4 Å². The minimum absolute atomic E-state index is 0.0955. The molecule has 0 saturated carbocycles. The van der Waals surface area contributed by atoms with Crippen LogP contribution in [0.5, 0.6) is 5.75 Å². The molecule has 0 aliphatic carbocycles. The second-order valence-corrected chi connectivity index (χ2v) is 4.31. The van der Waals surface area contributed by atoms with Crippen LogP contribution >= 0.6 is 0 Å². The molecular formula is C12H17NO3. The van der Waals surface area contributed by atoms with Gasteiger partial charge in [0.25, 0.3) is 0 Å². The lowest BCUT2D eigenvalue weighted by molar-refractivity contribution is -0.489. The minimum atomic E-state index is -1.23. The maximum atomic E-state index is 10.9. The van der Waals surface area contributed by atoms with Gasteiger partial charge >= 0.3 is 0 Å². The molecule has 0 heterocycles. The largest absolute Gasteiger partial charge is 0.543 e. The Morgan fingerprint density at radius 2 is 1.88 bits per heavy atom. The van der Waals surface area contributed by atoms with Crippen LogP contribution < -0.4 is 15.6 Å². The second kappa shape index (κ2) is 4.53. The number of carbonyl (C=O) groups is 1. The molecule has 0 saturated heterocycles. The highest BCUT2D eigenvalue weighted by Crippen LogP contribution is 2.19. The summed E-state index contributed by atoms with van der Waals surface area (Å²) < 4.78 is 5.46. The fourth-order valence-corrected chi connectivity index (χ4v) is 1.29. The van der Waals surface area contributed by atoms with E-state index in [2.05, 4.69) is 5.73 Å². The summed E-state index contributed by atoms with van der Waals surface area (Å²) in [6.07, 6.45) is 0.0955. The molecule has 0 radical (unpaired) electrons. The smallest absolute Gasteiger partial charge is 0.157 e. The van der Waals surface area contributed by atoms with Crippen LogP contribution in [0.15, 0.2) is 24.3 Å². The zero-order valence-electron chi connectivity index (χ0n) is 9.82. The van der Waals surface area contributed by atoms with Gasteiger partial charge in [0.15, 0.2) is 5.54 Å². The van der Waals surface area contributed by atoms with Crippen molar-refractivity contribution in [3.05, 3.63) is 29.8 Å². The van der Waals surface area contributed by atoms with Crippen LogP contribution in [-0.4, -0.2) is 12.1 Å². The SMILES string of the molecule is CC(C)Oc1ccc([C@@](C)([NH3+])C(=O)[O-])cc1. The maximum absolute atomic E-state index is 10.9. The molecule has 1 rings (SSSR count). The van der Waals surface area contributed by atoms with Crippen molar-refractivity contribution in [3.63, 3.8) is 0 Å². The average Bonchev–Trinajstić information content (AvgIpc) is 2.17. The van der Waals surface area contributed by atoms with Crippen molar-refractivity contribution >= 4 is 5.97 Å². The summed E-state index contributed by atoms with van der Waals surface area (Å²) in [6, 6.07) is 6.87. The lowest BCUT2D eigenvalue weighted by Crippen LogP contribution is -2.75.